The molecule has 3 aliphatic rings. The quantitative estimate of drug-likeness (QED) is 0.239. The van der Waals surface area contributed by atoms with Crippen molar-refractivity contribution in [2.24, 2.45) is 0 Å². The van der Waals surface area contributed by atoms with Crippen LogP contribution in [-0.2, 0) is 16.6 Å². The standard InChI is InChI=1S/C32H32O9/c33-16-22-28(37)29(38)30(39)31(41-22)40-21-14-17(15-32(12-6-7-13-32)18-8-2-1-3-9-18)23-24(27(21)36)26(35)20-11-5-4-10-19(20)25(23)34/h1-5,8-11,14,22,28-31,33,36-39H,6-7,12-13,15-16H2/t22-,28-,29+,30-,31+/m0/s1. The Labute approximate surface area is 236 Å². The summed E-state index contributed by atoms with van der Waals surface area (Å²) in [6.07, 6.45) is -3.69. The maximum Gasteiger partial charge on any atom is 0.229 e. The van der Waals surface area contributed by atoms with Crippen molar-refractivity contribution in [1.82, 2.24) is 0 Å². The second kappa shape index (κ2) is 10.7. The van der Waals surface area contributed by atoms with Crippen molar-refractivity contribution < 1.29 is 44.6 Å². The lowest BCUT2D eigenvalue weighted by Crippen LogP contribution is -2.60. The molecule has 2 aliphatic carbocycles. The molecule has 5 atom stereocenters. The van der Waals surface area contributed by atoms with E-state index in [0.717, 1.165) is 31.2 Å². The lowest BCUT2D eigenvalue weighted by Gasteiger charge is -2.39. The van der Waals surface area contributed by atoms with Crippen molar-refractivity contribution in [3.05, 3.63) is 94.0 Å². The van der Waals surface area contributed by atoms with Gasteiger partial charge in [0.2, 0.25) is 6.29 Å². The van der Waals surface area contributed by atoms with E-state index in [1.807, 2.05) is 18.2 Å². The summed E-state index contributed by atoms with van der Waals surface area (Å²) in [5, 5.41) is 52.0. The minimum absolute atomic E-state index is 0.120. The number of aliphatic hydroxyl groups excluding tert-OH is 4. The van der Waals surface area contributed by atoms with Gasteiger partial charge in [-0.05, 0) is 41.9 Å². The van der Waals surface area contributed by atoms with E-state index in [-0.39, 0.29) is 39.2 Å². The number of aliphatic hydroxyl groups is 4. The van der Waals surface area contributed by atoms with Gasteiger partial charge in [-0.1, -0.05) is 67.4 Å². The van der Waals surface area contributed by atoms with Gasteiger partial charge in [0.1, 0.15) is 24.4 Å². The van der Waals surface area contributed by atoms with E-state index in [2.05, 4.69) is 12.1 Å². The van der Waals surface area contributed by atoms with E-state index in [1.165, 1.54) is 12.1 Å². The molecule has 0 spiro atoms. The first-order valence-electron chi connectivity index (χ1n) is 13.9. The lowest BCUT2D eigenvalue weighted by molar-refractivity contribution is -0.277. The molecule has 0 unspecified atom stereocenters. The topological polar surface area (TPSA) is 154 Å². The predicted octanol–water partition coefficient (Wildman–Crippen LogP) is 2.40. The number of carbonyl (C=O) groups is 2. The third-order valence-corrected chi connectivity index (χ3v) is 8.78. The first kappa shape index (κ1) is 27.6. The van der Waals surface area contributed by atoms with Crippen molar-refractivity contribution in [1.29, 1.82) is 0 Å². The minimum atomic E-state index is -1.73. The normalized spacial score (nSPS) is 26.9. The SMILES string of the molecule is O=C1c2ccccc2C(=O)c2c(O)c(O[C@@H]3O[C@@H](CO)[C@H](O)[C@@H](O)[C@@H]3O)cc(CC3(c4ccccc4)CCCC3)c21. The van der Waals surface area contributed by atoms with E-state index in [1.54, 1.807) is 18.2 Å². The highest BCUT2D eigenvalue weighted by molar-refractivity contribution is 6.30. The fourth-order valence-corrected chi connectivity index (χ4v) is 6.62. The summed E-state index contributed by atoms with van der Waals surface area (Å²) in [5.74, 6) is -1.71. The lowest BCUT2D eigenvalue weighted by atomic mass is 9.71. The summed E-state index contributed by atoms with van der Waals surface area (Å²) in [5.41, 5.74) is 1.67. The van der Waals surface area contributed by atoms with Gasteiger partial charge in [-0.2, -0.15) is 0 Å². The number of fused-ring (bicyclic) bond motifs is 2. The number of benzene rings is 3. The number of carbonyl (C=O) groups excluding carboxylic acids is 2. The monoisotopic (exact) mass is 560 g/mol. The van der Waals surface area contributed by atoms with Crippen molar-refractivity contribution in [3.8, 4) is 11.5 Å². The van der Waals surface area contributed by atoms with Gasteiger partial charge in [-0.15, -0.1) is 0 Å². The Hall–Kier alpha value is -3.60. The average molecular weight is 561 g/mol. The highest BCUT2D eigenvalue weighted by Crippen LogP contribution is 2.48. The van der Waals surface area contributed by atoms with E-state index in [0.29, 0.717) is 12.0 Å². The molecule has 9 heteroatoms. The molecule has 2 fully saturated rings. The summed E-state index contributed by atoms with van der Waals surface area (Å²) in [6.45, 7) is -0.657. The maximum absolute atomic E-state index is 13.9. The summed E-state index contributed by atoms with van der Waals surface area (Å²) in [4.78, 5) is 27.7. The highest BCUT2D eigenvalue weighted by Gasteiger charge is 2.46. The van der Waals surface area contributed by atoms with Crippen molar-refractivity contribution in [2.75, 3.05) is 6.61 Å². The van der Waals surface area contributed by atoms with Gasteiger partial charge in [0.25, 0.3) is 0 Å². The van der Waals surface area contributed by atoms with Gasteiger partial charge in [0.15, 0.2) is 23.1 Å². The number of hydrogen-bond acceptors (Lipinski definition) is 9. The Balaban J connectivity index is 1.49. The van der Waals surface area contributed by atoms with Gasteiger partial charge < -0.3 is 35.0 Å². The molecule has 1 aliphatic heterocycles. The Morgan fingerprint density at radius 2 is 1.44 bits per heavy atom. The van der Waals surface area contributed by atoms with Crippen LogP contribution >= 0.6 is 0 Å². The second-order valence-corrected chi connectivity index (χ2v) is 11.2. The van der Waals surface area contributed by atoms with Crippen LogP contribution in [0.15, 0.2) is 60.7 Å². The highest BCUT2D eigenvalue weighted by atomic mass is 16.7. The van der Waals surface area contributed by atoms with Gasteiger partial charge in [-0.3, -0.25) is 9.59 Å². The van der Waals surface area contributed by atoms with Gasteiger partial charge >= 0.3 is 0 Å². The maximum atomic E-state index is 13.9. The zero-order valence-corrected chi connectivity index (χ0v) is 22.3. The number of phenols is 1. The molecule has 0 bridgehead atoms. The van der Waals surface area contributed by atoms with Crippen molar-refractivity contribution >= 4 is 11.6 Å². The van der Waals surface area contributed by atoms with Crippen molar-refractivity contribution in [3.63, 3.8) is 0 Å². The van der Waals surface area contributed by atoms with E-state index in [9.17, 15) is 35.1 Å². The number of ether oxygens (including phenoxy) is 2. The molecule has 1 saturated carbocycles. The van der Waals surface area contributed by atoms with E-state index >= 15 is 0 Å². The van der Waals surface area contributed by atoms with Crippen LogP contribution in [0.1, 0.15) is 68.7 Å². The number of hydrogen-bond donors (Lipinski definition) is 5. The Morgan fingerprint density at radius 1 is 0.829 bits per heavy atom. The molecule has 3 aromatic rings. The molecule has 5 N–H and O–H groups in total. The molecule has 0 aromatic heterocycles. The molecular formula is C32H32O9. The third kappa shape index (κ3) is 4.54. The average Bonchev–Trinajstić information content (AvgIpc) is 3.47. The van der Waals surface area contributed by atoms with Crippen LogP contribution in [0, 0.1) is 0 Å². The first-order valence-corrected chi connectivity index (χ1v) is 13.9. The van der Waals surface area contributed by atoms with Crippen LogP contribution in [0.3, 0.4) is 0 Å². The molecular weight excluding hydrogens is 528 g/mol. The van der Waals surface area contributed by atoms with Gasteiger partial charge in [0.05, 0.1) is 12.2 Å². The molecule has 214 valence electrons. The van der Waals surface area contributed by atoms with Gasteiger partial charge in [-0.25, -0.2) is 0 Å². The molecule has 1 saturated heterocycles. The van der Waals surface area contributed by atoms with E-state index < -0.39 is 48.8 Å². The smallest absolute Gasteiger partial charge is 0.229 e. The minimum Gasteiger partial charge on any atom is -0.504 e. The number of ketones is 2. The first-order chi connectivity index (χ1) is 19.8. The van der Waals surface area contributed by atoms with Crippen LogP contribution in [0.4, 0.5) is 0 Å². The summed E-state index contributed by atoms with van der Waals surface area (Å²) in [7, 11) is 0. The van der Waals surface area contributed by atoms with Crippen LogP contribution in [0.5, 0.6) is 11.5 Å². The second-order valence-electron chi connectivity index (χ2n) is 11.2. The number of rotatable bonds is 6. The summed E-state index contributed by atoms with van der Waals surface area (Å²) >= 11 is 0. The number of aromatic hydroxyl groups is 1. The van der Waals surface area contributed by atoms with Crippen LogP contribution in [0.2, 0.25) is 0 Å². The summed E-state index contributed by atoms with van der Waals surface area (Å²) in [6, 6.07) is 18.0. The molecule has 41 heavy (non-hydrogen) atoms. The molecule has 0 radical (unpaired) electrons. The Morgan fingerprint density at radius 3 is 2.07 bits per heavy atom. The van der Waals surface area contributed by atoms with Crippen LogP contribution in [0.25, 0.3) is 0 Å². The molecule has 6 rings (SSSR count). The summed E-state index contributed by atoms with van der Waals surface area (Å²) < 4.78 is 11.4. The van der Waals surface area contributed by atoms with E-state index in [4.69, 9.17) is 9.47 Å². The van der Waals surface area contributed by atoms with Crippen LogP contribution < -0.4 is 4.74 Å². The third-order valence-electron chi connectivity index (χ3n) is 8.78. The predicted molar refractivity (Wildman–Crippen MR) is 146 cm³/mol. The molecule has 9 nitrogen and oxygen atoms in total. The zero-order chi connectivity index (χ0) is 28.9. The molecule has 3 aromatic carbocycles. The Bertz CT molecular complexity index is 1480. The zero-order valence-electron chi connectivity index (χ0n) is 22.3. The molecule has 0 amide bonds. The van der Waals surface area contributed by atoms with Crippen molar-refractivity contribution in [2.45, 2.75) is 68.2 Å². The fourth-order valence-electron chi connectivity index (χ4n) is 6.62. The Kier molecular flexibility index (Phi) is 7.17. The van der Waals surface area contributed by atoms with Gasteiger partial charge in [0, 0.05) is 16.7 Å². The molecule has 1 heterocycles. The number of phenolic OH excluding ortho intramolecular Hbond substituents is 1. The largest absolute Gasteiger partial charge is 0.504 e. The fraction of sp³-hybridized carbons (Fsp3) is 0.375. The van der Waals surface area contributed by atoms with Crippen LogP contribution in [-0.4, -0.2) is 74.4 Å².